The molecule has 3 nitrogen and oxygen atoms in total. The van der Waals surface area contributed by atoms with Crippen molar-refractivity contribution in [2.24, 2.45) is 5.92 Å². The Morgan fingerprint density at radius 1 is 1.26 bits per heavy atom. The van der Waals surface area contributed by atoms with Gasteiger partial charge in [-0.25, -0.2) is 4.39 Å². The van der Waals surface area contributed by atoms with Gasteiger partial charge in [-0.05, 0) is 73.8 Å². The third-order valence-electron chi connectivity index (χ3n) is 4.94. The molecule has 0 unspecified atom stereocenters. The minimum Gasteiger partial charge on any atom is -0.371 e. The van der Waals surface area contributed by atoms with E-state index in [2.05, 4.69) is 53.6 Å². The van der Waals surface area contributed by atoms with Crippen LogP contribution in [-0.2, 0) is 0 Å². The molecule has 0 aromatic heterocycles. The summed E-state index contributed by atoms with van der Waals surface area (Å²) in [6.07, 6.45) is 2.58. The Hall–Kier alpha value is -1.85. The third kappa shape index (κ3) is 5.33. The van der Waals surface area contributed by atoms with Crippen molar-refractivity contribution in [3.05, 3.63) is 58.9 Å². The number of benzene rings is 2. The first kappa shape index (κ1) is 19.9. The van der Waals surface area contributed by atoms with E-state index in [1.807, 2.05) is 0 Å². The van der Waals surface area contributed by atoms with Crippen LogP contribution in [0.15, 0.2) is 42.5 Å². The highest BCUT2D eigenvalue weighted by atomic mass is 35.5. The molecule has 1 aliphatic rings. The maximum absolute atomic E-state index is 13.2. The quantitative estimate of drug-likeness (QED) is 0.632. The molecule has 2 atom stereocenters. The second kappa shape index (κ2) is 8.89. The number of halogens is 2. The summed E-state index contributed by atoms with van der Waals surface area (Å²) in [6, 6.07) is 13.1. The van der Waals surface area contributed by atoms with Gasteiger partial charge in [-0.2, -0.15) is 0 Å². The number of rotatable bonds is 4. The van der Waals surface area contributed by atoms with Crippen LogP contribution >= 0.6 is 23.8 Å². The molecular formula is C21H25ClFN3S. The highest BCUT2D eigenvalue weighted by molar-refractivity contribution is 7.80. The molecule has 0 amide bonds. The molecule has 0 bridgehead atoms. The number of piperidine rings is 1. The normalized spacial score (nSPS) is 18.1. The SMILES string of the molecule is C[C@@H]1CCCN(c2ccc([C@@H](C)NC(=S)Nc3ccc(F)c(Cl)c3)cc2)C1. The molecule has 1 saturated heterocycles. The first-order chi connectivity index (χ1) is 12.9. The van der Waals surface area contributed by atoms with Crippen LogP contribution in [0.1, 0.15) is 38.3 Å². The topological polar surface area (TPSA) is 27.3 Å². The van der Waals surface area contributed by atoms with Crippen LogP contribution in [-0.4, -0.2) is 18.2 Å². The van der Waals surface area contributed by atoms with E-state index in [-0.39, 0.29) is 11.1 Å². The van der Waals surface area contributed by atoms with Crippen LogP contribution in [0, 0.1) is 11.7 Å². The smallest absolute Gasteiger partial charge is 0.171 e. The number of anilines is 2. The molecule has 1 aliphatic heterocycles. The zero-order chi connectivity index (χ0) is 19.4. The van der Waals surface area contributed by atoms with Gasteiger partial charge in [0, 0.05) is 24.5 Å². The van der Waals surface area contributed by atoms with Crippen LogP contribution in [0.5, 0.6) is 0 Å². The van der Waals surface area contributed by atoms with Gasteiger partial charge in [0.15, 0.2) is 5.11 Å². The van der Waals surface area contributed by atoms with Crippen LogP contribution < -0.4 is 15.5 Å². The van der Waals surface area contributed by atoms with Gasteiger partial charge < -0.3 is 15.5 Å². The summed E-state index contributed by atoms with van der Waals surface area (Å²) in [5.74, 6) is 0.306. The standard InChI is InChI=1S/C21H25ClFN3S/c1-14-4-3-11-26(13-14)18-8-5-16(6-9-18)15(2)24-21(27)25-17-7-10-20(23)19(22)12-17/h5-10,12,14-15H,3-4,11,13H2,1-2H3,(H2,24,25,27)/t14-,15-/m1/s1. The molecule has 0 saturated carbocycles. The Balaban J connectivity index is 1.57. The molecule has 2 aromatic rings. The van der Waals surface area contributed by atoms with Gasteiger partial charge in [-0.3, -0.25) is 0 Å². The van der Waals surface area contributed by atoms with Crippen molar-refractivity contribution >= 4 is 40.3 Å². The first-order valence-corrected chi connectivity index (χ1v) is 10.1. The fourth-order valence-corrected chi connectivity index (χ4v) is 3.89. The molecular weight excluding hydrogens is 381 g/mol. The van der Waals surface area contributed by atoms with Crippen LogP contribution in [0.2, 0.25) is 5.02 Å². The summed E-state index contributed by atoms with van der Waals surface area (Å²) >= 11 is 11.2. The Bertz CT molecular complexity index is 797. The van der Waals surface area contributed by atoms with Gasteiger partial charge in [0.05, 0.1) is 11.1 Å². The van der Waals surface area contributed by atoms with E-state index in [1.54, 1.807) is 6.07 Å². The average molecular weight is 406 g/mol. The van der Waals surface area contributed by atoms with Crippen molar-refractivity contribution in [1.29, 1.82) is 0 Å². The lowest BCUT2D eigenvalue weighted by atomic mass is 9.99. The highest BCUT2D eigenvalue weighted by Crippen LogP contribution is 2.25. The number of thiocarbonyl (C=S) groups is 1. The summed E-state index contributed by atoms with van der Waals surface area (Å²) in [6.45, 7) is 6.63. The molecule has 144 valence electrons. The van der Waals surface area contributed by atoms with Gasteiger partial charge in [0.1, 0.15) is 5.82 Å². The average Bonchev–Trinajstić information content (AvgIpc) is 2.65. The second-order valence-electron chi connectivity index (χ2n) is 7.23. The maximum Gasteiger partial charge on any atom is 0.171 e. The molecule has 2 aromatic carbocycles. The van der Waals surface area contributed by atoms with Crippen LogP contribution in [0.4, 0.5) is 15.8 Å². The number of nitrogens with one attached hydrogen (secondary N) is 2. The van der Waals surface area contributed by atoms with E-state index >= 15 is 0 Å². The van der Waals surface area contributed by atoms with Crippen molar-refractivity contribution in [2.45, 2.75) is 32.7 Å². The van der Waals surface area contributed by atoms with Crippen molar-refractivity contribution in [3.63, 3.8) is 0 Å². The fourth-order valence-electron chi connectivity index (χ4n) is 3.42. The fraction of sp³-hybridized carbons (Fsp3) is 0.381. The number of hydrogen-bond acceptors (Lipinski definition) is 2. The third-order valence-corrected chi connectivity index (χ3v) is 5.45. The van der Waals surface area contributed by atoms with Gasteiger partial charge >= 0.3 is 0 Å². The highest BCUT2D eigenvalue weighted by Gasteiger charge is 2.17. The van der Waals surface area contributed by atoms with Crippen molar-refractivity contribution < 1.29 is 4.39 Å². The molecule has 0 aliphatic carbocycles. The Kier molecular flexibility index (Phi) is 6.55. The second-order valence-corrected chi connectivity index (χ2v) is 8.05. The summed E-state index contributed by atoms with van der Waals surface area (Å²) < 4.78 is 13.2. The molecule has 27 heavy (non-hydrogen) atoms. The predicted molar refractivity (Wildman–Crippen MR) is 116 cm³/mol. The van der Waals surface area contributed by atoms with Gasteiger partial charge in [-0.1, -0.05) is 30.7 Å². The van der Waals surface area contributed by atoms with Gasteiger partial charge in [-0.15, -0.1) is 0 Å². The minimum atomic E-state index is -0.447. The lowest BCUT2D eigenvalue weighted by Crippen LogP contribution is -2.34. The van der Waals surface area contributed by atoms with E-state index in [0.717, 1.165) is 24.6 Å². The van der Waals surface area contributed by atoms with Crippen molar-refractivity contribution in [1.82, 2.24) is 5.32 Å². The van der Waals surface area contributed by atoms with E-state index in [9.17, 15) is 4.39 Å². The molecule has 3 rings (SSSR count). The van der Waals surface area contributed by atoms with Crippen molar-refractivity contribution in [3.8, 4) is 0 Å². The molecule has 2 N–H and O–H groups in total. The lowest BCUT2D eigenvalue weighted by Gasteiger charge is -2.33. The molecule has 1 heterocycles. The number of nitrogens with zero attached hydrogens (tertiary/aromatic N) is 1. The summed E-state index contributed by atoms with van der Waals surface area (Å²) in [4.78, 5) is 2.46. The zero-order valence-corrected chi connectivity index (χ0v) is 17.2. The maximum atomic E-state index is 13.2. The van der Waals surface area contributed by atoms with E-state index < -0.39 is 5.82 Å². The van der Waals surface area contributed by atoms with E-state index in [1.165, 1.54) is 30.7 Å². The molecule has 0 radical (unpaired) electrons. The monoisotopic (exact) mass is 405 g/mol. The molecule has 1 fully saturated rings. The van der Waals surface area contributed by atoms with E-state index in [0.29, 0.717) is 10.8 Å². The lowest BCUT2D eigenvalue weighted by molar-refractivity contribution is 0.447. The van der Waals surface area contributed by atoms with Gasteiger partial charge in [0.2, 0.25) is 0 Å². The number of hydrogen-bond donors (Lipinski definition) is 2. The van der Waals surface area contributed by atoms with E-state index in [4.69, 9.17) is 23.8 Å². The summed E-state index contributed by atoms with van der Waals surface area (Å²) in [5, 5.41) is 6.83. The molecule has 0 spiro atoms. The molecule has 6 heteroatoms. The Labute approximate surface area is 170 Å². The van der Waals surface area contributed by atoms with Gasteiger partial charge in [0.25, 0.3) is 0 Å². The Morgan fingerprint density at radius 3 is 2.67 bits per heavy atom. The predicted octanol–water partition coefficient (Wildman–Crippen LogP) is 5.76. The largest absolute Gasteiger partial charge is 0.371 e. The first-order valence-electron chi connectivity index (χ1n) is 9.30. The van der Waals surface area contributed by atoms with Crippen LogP contribution in [0.3, 0.4) is 0 Å². The van der Waals surface area contributed by atoms with Crippen LogP contribution in [0.25, 0.3) is 0 Å². The summed E-state index contributed by atoms with van der Waals surface area (Å²) in [7, 11) is 0. The van der Waals surface area contributed by atoms with Crippen molar-refractivity contribution in [2.75, 3.05) is 23.3 Å². The Morgan fingerprint density at radius 2 is 2.00 bits per heavy atom. The zero-order valence-electron chi connectivity index (χ0n) is 15.6. The summed E-state index contributed by atoms with van der Waals surface area (Å²) in [5.41, 5.74) is 3.09. The minimum absolute atomic E-state index is 0.0512.